The molecule has 6 nitrogen and oxygen atoms in total. The van der Waals surface area contributed by atoms with Crippen LogP contribution in [0, 0.1) is 0 Å². The van der Waals surface area contributed by atoms with E-state index in [1.165, 1.54) is 5.56 Å². The van der Waals surface area contributed by atoms with Crippen LogP contribution in [0.5, 0.6) is 5.75 Å². The van der Waals surface area contributed by atoms with E-state index in [1.54, 1.807) is 31.5 Å². The molecule has 0 radical (unpaired) electrons. The molecule has 3 rings (SSSR count). The number of imidazole rings is 1. The molecule has 1 aromatic heterocycles. The first-order chi connectivity index (χ1) is 12.2. The number of aromatic nitrogens is 2. The van der Waals surface area contributed by atoms with Gasteiger partial charge in [0.25, 0.3) is 0 Å². The third kappa shape index (κ3) is 3.98. The Morgan fingerprint density at radius 3 is 2.76 bits per heavy atom. The maximum Gasteiger partial charge on any atom is 0.248 e. The number of carbonyl (C=O) groups is 1. The van der Waals surface area contributed by atoms with Gasteiger partial charge in [-0.15, -0.1) is 0 Å². The summed E-state index contributed by atoms with van der Waals surface area (Å²) >= 11 is 0. The second kappa shape index (κ2) is 7.53. The van der Waals surface area contributed by atoms with Gasteiger partial charge in [-0.25, -0.2) is 4.98 Å². The molecule has 0 fully saturated rings. The second-order valence-corrected chi connectivity index (χ2v) is 5.59. The number of hydrogen-bond donors (Lipinski definition) is 2. The molecule has 2 aromatic carbocycles. The van der Waals surface area contributed by atoms with E-state index in [0.29, 0.717) is 23.5 Å². The molecule has 0 bridgehead atoms. The molecule has 0 unspecified atom stereocenters. The minimum Gasteiger partial charge on any atom is -0.495 e. The van der Waals surface area contributed by atoms with Crippen molar-refractivity contribution in [2.75, 3.05) is 12.4 Å². The monoisotopic (exact) mass is 336 g/mol. The quantitative estimate of drug-likeness (QED) is 0.695. The lowest BCUT2D eigenvalue weighted by Crippen LogP contribution is -2.13. The van der Waals surface area contributed by atoms with Crippen molar-refractivity contribution in [2.45, 2.75) is 13.1 Å². The number of nitrogens with two attached hydrogens (primary N) is 1. The Morgan fingerprint density at radius 2 is 2.04 bits per heavy atom. The Bertz CT molecular complexity index is 859. The van der Waals surface area contributed by atoms with Crippen LogP contribution in [0.25, 0.3) is 0 Å². The van der Waals surface area contributed by atoms with Crippen LogP contribution in [0.4, 0.5) is 5.69 Å². The molecule has 0 aliphatic carbocycles. The molecule has 25 heavy (non-hydrogen) atoms. The van der Waals surface area contributed by atoms with Crippen molar-refractivity contribution in [3.8, 4) is 5.75 Å². The van der Waals surface area contributed by atoms with Gasteiger partial charge in [-0.3, -0.25) is 4.79 Å². The summed E-state index contributed by atoms with van der Waals surface area (Å²) in [7, 11) is 1.58. The van der Waals surface area contributed by atoms with Gasteiger partial charge in [0.15, 0.2) is 0 Å². The smallest absolute Gasteiger partial charge is 0.248 e. The summed E-state index contributed by atoms with van der Waals surface area (Å²) in [5.41, 5.74) is 7.68. The summed E-state index contributed by atoms with van der Waals surface area (Å²) in [5.74, 6) is 1.05. The summed E-state index contributed by atoms with van der Waals surface area (Å²) in [4.78, 5) is 15.8. The largest absolute Gasteiger partial charge is 0.495 e. The van der Waals surface area contributed by atoms with Crippen LogP contribution in [0.15, 0.2) is 60.9 Å². The summed E-state index contributed by atoms with van der Waals surface area (Å²) < 4.78 is 7.41. The van der Waals surface area contributed by atoms with Crippen molar-refractivity contribution < 1.29 is 9.53 Å². The minimum atomic E-state index is -0.476. The average molecular weight is 336 g/mol. The Balaban J connectivity index is 1.75. The SMILES string of the molecule is COc1ccc(C(N)=O)cc1NCc1nccn1Cc1ccccc1. The Kier molecular flexibility index (Phi) is 4.99. The number of carbonyl (C=O) groups excluding carboxylic acids is 1. The number of ether oxygens (including phenoxy) is 1. The molecule has 0 atom stereocenters. The molecule has 6 heteroatoms. The first-order valence-electron chi connectivity index (χ1n) is 7.93. The van der Waals surface area contributed by atoms with Crippen LogP contribution in [0.1, 0.15) is 21.7 Å². The number of rotatable bonds is 7. The van der Waals surface area contributed by atoms with Crippen molar-refractivity contribution in [1.82, 2.24) is 9.55 Å². The molecule has 0 aliphatic rings. The average Bonchev–Trinajstić information content (AvgIpc) is 3.07. The molecular formula is C19H20N4O2. The third-order valence-electron chi connectivity index (χ3n) is 3.92. The minimum absolute atomic E-state index is 0.427. The molecular weight excluding hydrogens is 316 g/mol. The van der Waals surface area contributed by atoms with Gasteiger partial charge >= 0.3 is 0 Å². The van der Waals surface area contributed by atoms with E-state index in [1.807, 2.05) is 24.4 Å². The summed E-state index contributed by atoms with van der Waals surface area (Å²) in [6.45, 7) is 1.24. The number of amides is 1. The van der Waals surface area contributed by atoms with Crippen LogP contribution < -0.4 is 15.8 Å². The summed E-state index contributed by atoms with van der Waals surface area (Å²) in [5, 5.41) is 3.27. The normalized spacial score (nSPS) is 10.4. The molecule has 3 aromatic rings. The zero-order valence-electron chi connectivity index (χ0n) is 14.0. The molecule has 1 heterocycles. The topological polar surface area (TPSA) is 82.2 Å². The predicted octanol–water partition coefficient (Wildman–Crippen LogP) is 2.65. The predicted molar refractivity (Wildman–Crippen MR) is 96.6 cm³/mol. The highest BCUT2D eigenvalue weighted by atomic mass is 16.5. The lowest BCUT2D eigenvalue weighted by atomic mass is 10.1. The molecule has 128 valence electrons. The summed E-state index contributed by atoms with van der Waals surface area (Å²) in [6.07, 6.45) is 3.72. The number of benzene rings is 2. The lowest BCUT2D eigenvalue weighted by Gasteiger charge is -2.13. The van der Waals surface area contributed by atoms with E-state index in [0.717, 1.165) is 12.4 Å². The zero-order valence-corrected chi connectivity index (χ0v) is 14.0. The van der Waals surface area contributed by atoms with E-state index < -0.39 is 5.91 Å². The van der Waals surface area contributed by atoms with Crippen molar-refractivity contribution in [3.05, 3.63) is 77.9 Å². The van der Waals surface area contributed by atoms with Crippen LogP contribution in [0.2, 0.25) is 0 Å². The van der Waals surface area contributed by atoms with Crippen molar-refractivity contribution in [3.63, 3.8) is 0 Å². The van der Waals surface area contributed by atoms with Crippen molar-refractivity contribution in [1.29, 1.82) is 0 Å². The maximum absolute atomic E-state index is 11.4. The third-order valence-corrected chi connectivity index (χ3v) is 3.92. The highest BCUT2D eigenvalue weighted by Crippen LogP contribution is 2.25. The number of primary amides is 1. The number of anilines is 1. The fourth-order valence-corrected chi connectivity index (χ4v) is 2.60. The van der Waals surface area contributed by atoms with Crippen LogP contribution >= 0.6 is 0 Å². The van der Waals surface area contributed by atoms with Crippen molar-refractivity contribution >= 4 is 11.6 Å². The van der Waals surface area contributed by atoms with Gasteiger partial charge in [-0.1, -0.05) is 30.3 Å². The highest BCUT2D eigenvalue weighted by Gasteiger charge is 2.09. The van der Waals surface area contributed by atoms with E-state index in [4.69, 9.17) is 10.5 Å². The fraction of sp³-hybridized carbons (Fsp3) is 0.158. The maximum atomic E-state index is 11.4. The zero-order chi connectivity index (χ0) is 17.6. The fourth-order valence-electron chi connectivity index (χ4n) is 2.60. The molecule has 0 saturated heterocycles. The Hall–Kier alpha value is -3.28. The lowest BCUT2D eigenvalue weighted by molar-refractivity contribution is 0.100. The molecule has 3 N–H and O–H groups in total. The second-order valence-electron chi connectivity index (χ2n) is 5.59. The molecule has 0 spiro atoms. The van der Waals surface area contributed by atoms with Crippen LogP contribution in [0.3, 0.4) is 0 Å². The Morgan fingerprint density at radius 1 is 1.24 bits per heavy atom. The van der Waals surface area contributed by atoms with E-state index in [2.05, 4.69) is 27.0 Å². The van der Waals surface area contributed by atoms with Gasteiger partial charge in [0.05, 0.1) is 19.3 Å². The van der Waals surface area contributed by atoms with Gasteiger partial charge in [0, 0.05) is 24.5 Å². The first-order valence-corrected chi connectivity index (χ1v) is 7.93. The number of methoxy groups -OCH3 is 1. The molecule has 0 saturated carbocycles. The van der Waals surface area contributed by atoms with Crippen LogP contribution in [-0.2, 0) is 13.1 Å². The van der Waals surface area contributed by atoms with Crippen molar-refractivity contribution in [2.24, 2.45) is 5.73 Å². The van der Waals surface area contributed by atoms with E-state index in [-0.39, 0.29) is 0 Å². The summed E-state index contributed by atoms with van der Waals surface area (Å²) in [6, 6.07) is 15.2. The van der Waals surface area contributed by atoms with Gasteiger partial charge in [0.2, 0.25) is 5.91 Å². The number of nitrogens with zero attached hydrogens (tertiary/aromatic N) is 2. The highest BCUT2D eigenvalue weighted by molar-refractivity contribution is 5.94. The van der Waals surface area contributed by atoms with Crippen LogP contribution in [-0.4, -0.2) is 22.6 Å². The number of hydrogen-bond acceptors (Lipinski definition) is 4. The Labute approximate surface area is 146 Å². The number of nitrogens with one attached hydrogen (secondary N) is 1. The van der Waals surface area contributed by atoms with E-state index in [9.17, 15) is 4.79 Å². The molecule has 1 amide bonds. The van der Waals surface area contributed by atoms with E-state index >= 15 is 0 Å². The van der Waals surface area contributed by atoms with Gasteiger partial charge in [-0.05, 0) is 23.8 Å². The van der Waals surface area contributed by atoms with Gasteiger partial charge in [0.1, 0.15) is 11.6 Å². The van der Waals surface area contributed by atoms with Gasteiger partial charge < -0.3 is 20.4 Å². The van der Waals surface area contributed by atoms with Gasteiger partial charge in [-0.2, -0.15) is 0 Å². The standard InChI is InChI=1S/C19H20N4O2/c1-25-17-8-7-15(19(20)24)11-16(17)22-12-18-21-9-10-23(18)13-14-5-3-2-4-6-14/h2-11,22H,12-13H2,1H3,(H2,20,24). The first kappa shape index (κ1) is 16.6. The molecule has 0 aliphatic heterocycles.